The van der Waals surface area contributed by atoms with E-state index in [1.54, 1.807) is 0 Å². The first kappa shape index (κ1) is 15.9. The van der Waals surface area contributed by atoms with Gasteiger partial charge in [-0.05, 0) is 31.4 Å². The highest BCUT2D eigenvalue weighted by molar-refractivity contribution is 5.83. The Balaban J connectivity index is 1.56. The number of amides is 1. The van der Waals surface area contributed by atoms with Gasteiger partial charge in [-0.3, -0.25) is 4.79 Å². The van der Waals surface area contributed by atoms with E-state index in [1.165, 1.54) is 6.42 Å². The van der Waals surface area contributed by atoms with Crippen LogP contribution in [0.2, 0.25) is 0 Å². The fourth-order valence-corrected chi connectivity index (χ4v) is 3.69. The van der Waals surface area contributed by atoms with Crippen LogP contribution in [-0.2, 0) is 4.79 Å². The Morgan fingerprint density at radius 2 is 1.96 bits per heavy atom. The maximum absolute atomic E-state index is 12.5. The molecule has 5 nitrogen and oxygen atoms in total. The lowest BCUT2D eigenvalue weighted by Gasteiger charge is -2.31. The molecule has 2 aliphatic rings. The summed E-state index contributed by atoms with van der Waals surface area (Å²) in [6.07, 6.45) is 4.19. The van der Waals surface area contributed by atoms with E-state index in [4.69, 9.17) is 4.98 Å². The number of benzene rings is 1. The quantitative estimate of drug-likeness (QED) is 0.847. The molecular formula is C20H22N4O. The van der Waals surface area contributed by atoms with Gasteiger partial charge >= 0.3 is 0 Å². The SMILES string of the molecule is N#Cc1cc2ccccc2nc1N1CCCN(C(=O)C2CCC2)CC1. The molecule has 0 radical (unpaired) electrons. The lowest BCUT2D eigenvalue weighted by Crippen LogP contribution is -2.41. The minimum Gasteiger partial charge on any atom is -0.354 e. The number of rotatable bonds is 2. The Morgan fingerprint density at radius 3 is 2.72 bits per heavy atom. The van der Waals surface area contributed by atoms with Crippen molar-refractivity contribution in [2.75, 3.05) is 31.1 Å². The van der Waals surface area contributed by atoms with Crippen molar-refractivity contribution in [2.24, 2.45) is 5.92 Å². The molecule has 5 heteroatoms. The minimum absolute atomic E-state index is 0.250. The summed E-state index contributed by atoms with van der Waals surface area (Å²) in [5.41, 5.74) is 1.51. The number of aromatic nitrogens is 1. The summed E-state index contributed by atoms with van der Waals surface area (Å²) in [5, 5.41) is 10.5. The van der Waals surface area contributed by atoms with Crippen LogP contribution in [0.25, 0.3) is 10.9 Å². The molecule has 0 N–H and O–H groups in total. The van der Waals surface area contributed by atoms with Crippen molar-refractivity contribution in [2.45, 2.75) is 25.7 Å². The van der Waals surface area contributed by atoms with Crippen molar-refractivity contribution in [3.63, 3.8) is 0 Å². The molecule has 1 amide bonds. The molecule has 1 aromatic carbocycles. The molecule has 25 heavy (non-hydrogen) atoms. The van der Waals surface area contributed by atoms with Crippen molar-refractivity contribution >= 4 is 22.6 Å². The van der Waals surface area contributed by atoms with Crippen LogP contribution < -0.4 is 4.90 Å². The Kier molecular flexibility index (Phi) is 4.27. The minimum atomic E-state index is 0.250. The third-order valence-corrected chi connectivity index (χ3v) is 5.39. The fourth-order valence-electron chi connectivity index (χ4n) is 3.69. The van der Waals surface area contributed by atoms with Gasteiger partial charge < -0.3 is 9.80 Å². The first-order valence-electron chi connectivity index (χ1n) is 9.10. The molecule has 1 saturated carbocycles. The van der Waals surface area contributed by atoms with E-state index in [-0.39, 0.29) is 5.92 Å². The van der Waals surface area contributed by atoms with E-state index < -0.39 is 0 Å². The maximum Gasteiger partial charge on any atom is 0.225 e. The average molecular weight is 334 g/mol. The van der Waals surface area contributed by atoms with Gasteiger partial charge in [-0.15, -0.1) is 0 Å². The standard InChI is InChI=1S/C20H22N4O/c21-14-17-13-16-5-1-2-8-18(16)22-19(17)23-9-4-10-24(12-11-23)20(25)15-6-3-7-15/h1-2,5,8,13,15H,3-4,6-7,9-12H2. The van der Waals surface area contributed by atoms with Gasteiger partial charge in [0.15, 0.2) is 0 Å². The lowest BCUT2D eigenvalue weighted by atomic mass is 9.84. The zero-order valence-corrected chi connectivity index (χ0v) is 14.3. The fraction of sp³-hybridized carbons (Fsp3) is 0.450. The first-order chi connectivity index (χ1) is 12.3. The van der Waals surface area contributed by atoms with E-state index >= 15 is 0 Å². The maximum atomic E-state index is 12.5. The molecule has 0 unspecified atom stereocenters. The topological polar surface area (TPSA) is 60.2 Å². The van der Waals surface area contributed by atoms with Crippen LogP contribution in [-0.4, -0.2) is 42.0 Å². The monoisotopic (exact) mass is 334 g/mol. The van der Waals surface area contributed by atoms with Gasteiger partial charge in [-0.1, -0.05) is 24.6 Å². The number of para-hydroxylation sites is 1. The zero-order chi connectivity index (χ0) is 17.2. The number of pyridine rings is 1. The number of hydrogen-bond acceptors (Lipinski definition) is 4. The van der Waals surface area contributed by atoms with E-state index in [1.807, 2.05) is 35.2 Å². The van der Waals surface area contributed by atoms with Crippen molar-refractivity contribution in [3.05, 3.63) is 35.9 Å². The van der Waals surface area contributed by atoms with Crippen LogP contribution in [0.5, 0.6) is 0 Å². The predicted octanol–water partition coefficient (Wildman–Crippen LogP) is 2.95. The summed E-state index contributed by atoms with van der Waals surface area (Å²) in [7, 11) is 0. The molecule has 1 aliphatic heterocycles. The average Bonchev–Trinajstić information content (AvgIpc) is 2.85. The Hall–Kier alpha value is -2.61. The van der Waals surface area contributed by atoms with E-state index in [0.717, 1.165) is 55.6 Å². The first-order valence-corrected chi connectivity index (χ1v) is 9.10. The number of fused-ring (bicyclic) bond motifs is 1. The van der Waals surface area contributed by atoms with Gasteiger partial charge in [0, 0.05) is 37.5 Å². The zero-order valence-electron chi connectivity index (χ0n) is 14.3. The molecule has 2 fully saturated rings. The van der Waals surface area contributed by atoms with Crippen LogP contribution in [0.4, 0.5) is 5.82 Å². The van der Waals surface area contributed by atoms with Crippen LogP contribution in [0.1, 0.15) is 31.2 Å². The Labute approximate surface area is 147 Å². The molecule has 1 saturated heterocycles. The number of nitrogens with zero attached hydrogens (tertiary/aromatic N) is 4. The number of nitriles is 1. The van der Waals surface area contributed by atoms with Crippen molar-refractivity contribution in [1.29, 1.82) is 5.26 Å². The molecule has 128 valence electrons. The van der Waals surface area contributed by atoms with Crippen LogP contribution >= 0.6 is 0 Å². The normalized spacial score (nSPS) is 18.5. The Bertz CT molecular complexity index is 837. The number of hydrogen-bond donors (Lipinski definition) is 0. The molecule has 4 rings (SSSR count). The third-order valence-electron chi connectivity index (χ3n) is 5.39. The van der Waals surface area contributed by atoms with E-state index in [2.05, 4.69) is 11.0 Å². The summed E-state index contributed by atoms with van der Waals surface area (Å²) in [6, 6.07) is 12.1. The molecule has 2 aromatic rings. The molecule has 2 heterocycles. The molecule has 0 bridgehead atoms. The summed E-state index contributed by atoms with van der Waals surface area (Å²) >= 11 is 0. The number of anilines is 1. The molecule has 1 aliphatic carbocycles. The second-order valence-corrected chi connectivity index (χ2v) is 6.96. The molecule has 0 atom stereocenters. The summed E-state index contributed by atoms with van der Waals surface area (Å²) < 4.78 is 0. The molecular weight excluding hydrogens is 312 g/mol. The van der Waals surface area contributed by atoms with Crippen molar-refractivity contribution in [1.82, 2.24) is 9.88 Å². The second-order valence-electron chi connectivity index (χ2n) is 6.96. The van der Waals surface area contributed by atoms with Gasteiger partial charge in [0.1, 0.15) is 11.9 Å². The largest absolute Gasteiger partial charge is 0.354 e. The predicted molar refractivity (Wildman–Crippen MR) is 97.2 cm³/mol. The van der Waals surface area contributed by atoms with Gasteiger partial charge in [0.2, 0.25) is 5.91 Å². The number of carbonyl (C=O) groups is 1. The van der Waals surface area contributed by atoms with Gasteiger partial charge in [-0.25, -0.2) is 4.98 Å². The smallest absolute Gasteiger partial charge is 0.225 e. The summed E-state index contributed by atoms with van der Waals surface area (Å²) in [4.78, 5) is 21.4. The summed E-state index contributed by atoms with van der Waals surface area (Å²) in [5.74, 6) is 1.32. The van der Waals surface area contributed by atoms with Gasteiger partial charge in [-0.2, -0.15) is 5.26 Å². The van der Waals surface area contributed by atoms with E-state index in [0.29, 0.717) is 18.0 Å². The number of carbonyl (C=O) groups excluding carboxylic acids is 1. The van der Waals surface area contributed by atoms with Crippen LogP contribution in [0.3, 0.4) is 0 Å². The second kappa shape index (κ2) is 6.72. The van der Waals surface area contributed by atoms with Crippen molar-refractivity contribution < 1.29 is 4.79 Å². The van der Waals surface area contributed by atoms with E-state index in [9.17, 15) is 10.1 Å². The van der Waals surface area contributed by atoms with Gasteiger partial charge in [0.25, 0.3) is 0 Å². The van der Waals surface area contributed by atoms with Crippen LogP contribution in [0, 0.1) is 17.2 Å². The third kappa shape index (κ3) is 3.05. The molecule has 1 aromatic heterocycles. The highest BCUT2D eigenvalue weighted by Gasteiger charge is 2.30. The lowest BCUT2D eigenvalue weighted by molar-refractivity contribution is -0.137. The highest BCUT2D eigenvalue weighted by atomic mass is 16.2. The Morgan fingerprint density at radius 1 is 1.12 bits per heavy atom. The highest BCUT2D eigenvalue weighted by Crippen LogP contribution is 2.29. The van der Waals surface area contributed by atoms with Crippen LogP contribution in [0.15, 0.2) is 30.3 Å². The van der Waals surface area contributed by atoms with Crippen molar-refractivity contribution in [3.8, 4) is 6.07 Å². The van der Waals surface area contributed by atoms with Gasteiger partial charge in [0.05, 0.1) is 11.1 Å². The summed E-state index contributed by atoms with van der Waals surface area (Å²) in [6.45, 7) is 3.09. The molecule has 0 spiro atoms.